The first-order valence-electron chi connectivity index (χ1n) is 5.58. The van der Waals surface area contributed by atoms with E-state index >= 15 is 0 Å². The number of carboxylic acids is 1. The first kappa shape index (κ1) is 8.95. The molecule has 1 unspecified atom stereocenters. The highest BCUT2D eigenvalue weighted by atomic mass is 16.4. The van der Waals surface area contributed by atoms with Crippen LogP contribution < -0.4 is 0 Å². The van der Waals surface area contributed by atoms with E-state index in [1.807, 2.05) is 0 Å². The van der Waals surface area contributed by atoms with Crippen LogP contribution in [0, 0.1) is 0 Å². The van der Waals surface area contributed by atoms with Crippen LogP contribution >= 0.6 is 0 Å². The second-order valence-electron chi connectivity index (χ2n) is 4.40. The average molecular weight is 206 g/mol. The fourth-order valence-electron chi connectivity index (χ4n) is 2.79. The fourth-order valence-corrected chi connectivity index (χ4v) is 2.79. The number of aliphatic carboxylic acids is 1. The third kappa shape index (κ3) is 1.20. The van der Waals surface area contributed by atoms with Crippen LogP contribution in [0.15, 0.2) is 0 Å². The maximum absolute atomic E-state index is 11.1. The normalized spacial score (nSPS) is 23.6. The molecular weight excluding hydrogens is 192 g/mol. The molecule has 1 aliphatic carbocycles. The number of hydrogen-bond donors (Lipinski definition) is 1. The molecule has 0 radical (unpaired) electrons. The lowest BCUT2D eigenvalue weighted by molar-refractivity contribution is -0.139. The highest BCUT2D eigenvalue weighted by Gasteiger charge is 2.32. The Balaban J connectivity index is 2.09. The molecule has 4 heteroatoms. The highest BCUT2D eigenvalue weighted by molar-refractivity contribution is 5.75. The summed E-state index contributed by atoms with van der Waals surface area (Å²) in [4.78, 5) is 15.6. The molecule has 1 aromatic rings. The molecule has 1 atom stereocenters. The number of imidazole rings is 1. The van der Waals surface area contributed by atoms with Crippen LogP contribution in [0.2, 0.25) is 0 Å². The molecule has 2 heterocycles. The molecule has 80 valence electrons. The number of nitrogens with zero attached hydrogens (tertiary/aromatic N) is 2. The van der Waals surface area contributed by atoms with Gasteiger partial charge in [0, 0.05) is 12.2 Å². The summed E-state index contributed by atoms with van der Waals surface area (Å²) in [6, 6.07) is 0. The Hall–Kier alpha value is -1.32. The quantitative estimate of drug-likeness (QED) is 0.754. The second kappa shape index (κ2) is 3.08. The van der Waals surface area contributed by atoms with E-state index in [0.29, 0.717) is 0 Å². The SMILES string of the molecule is O=C(O)C1CCCn2c1nc1c2CCC1. The Morgan fingerprint density at radius 3 is 3.07 bits per heavy atom. The van der Waals surface area contributed by atoms with Gasteiger partial charge in [-0.05, 0) is 32.1 Å². The zero-order valence-electron chi connectivity index (χ0n) is 8.57. The van der Waals surface area contributed by atoms with Crippen molar-refractivity contribution in [3.05, 3.63) is 17.2 Å². The van der Waals surface area contributed by atoms with Gasteiger partial charge in [0.1, 0.15) is 11.7 Å². The summed E-state index contributed by atoms with van der Waals surface area (Å²) >= 11 is 0. The van der Waals surface area contributed by atoms with Crippen molar-refractivity contribution in [2.45, 2.75) is 44.6 Å². The maximum atomic E-state index is 11.1. The van der Waals surface area contributed by atoms with Crippen molar-refractivity contribution in [2.24, 2.45) is 0 Å². The van der Waals surface area contributed by atoms with Gasteiger partial charge in [0.05, 0.1) is 5.69 Å². The smallest absolute Gasteiger partial charge is 0.314 e. The minimum Gasteiger partial charge on any atom is -0.481 e. The molecule has 15 heavy (non-hydrogen) atoms. The van der Waals surface area contributed by atoms with Gasteiger partial charge in [-0.15, -0.1) is 0 Å². The topological polar surface area (TPSA) is 55.1 Å². The summed E-state index contributed by atoms with van der Waals surface area (Å²) in [5, 5.41) is 9.12. The van der Waals surface area contributed by atoms with Crippen molar-refractivity contribution < 1.29 is 9.90 Å². The van der Waals surface area contributed by atoms with Gasteiger partial charge in [-0.25, -0.2) is 4.98 Å². The van der Waals surface area contributed by atoms with Crippen molar-refractivity contribution in [3.63, 3.8) is 0 Å². The van der Waals surface area contributed by atoms with Crippen LogP contribution in [0.5, 0.6) is 0 Å². The number of rotatable bonds is 1. The standard InChI is InChI=1S/C11H14N2O2/c14-11(15)7-3-2-6-13-9-5-1-4-8(9)12-10(7)13/h7H,1-6H2,(H,14,15). The number of aromatic nitrogens is 2. The lowest BCUT2D eigenvalue weighted by Crippen LogP contribution is -2.23. The van der Waals surface area contributed by atoms with Gasteiger partial charge in [-0.1, -0.05) is 0 Å². The summed E-state index contributed by atoms with van der Waals surface area (Å²) in [6.45, 7) is 0.960. The van der Waals surface area contributed by atoms with Crippen LogP contribution in [0.1, 0.15) is 42.4 Å². The third-order valence-electron chi connectivity index (χ3n) is 3.50. The first-order chi connectivity index (χ1) is 7.27. The minimum absolute atomic E-state index is 0.371. The molecule has 1 aromatic heterocycles. The Morgan fingerprint density at radius 1 is 1.40 bits per heavy atom. The van der Waals surface area contributed by atoms with Crippen LogP contribution in [-0.2, 0) is 24.2 Å². The van der Waals surface area contributed by atoms with Crippen molar-refractivity contribution in [3.8, 4) is 0 Å². The van der Waals surface area contributed by atoms with Crippen molar-refractivity contribution in [1.82, 2.24) is 9.55 Å². The largest absolute Gasteiger partial charge is 0.481 e. The van der Waals surface area contributed by atoms with Crippen LogP contribution in [0.3, 0.4) is 0 Å². The van der Waals surface area contributed by atoms with E-state index in [-0.39, 0.29) is 5.92 Å². The van der Waals surface area contributed by atoms with Gasteiger partial charge in [-0.3, -0.25) is 4.79 Å². The Bertz CT molecular complexity index is 422. The van der Waals surface area contributed by atoms with E-state index in [1.54, 1.807) is 0 Å². The molecule has 4 nitrogen and oxygen atoms in total. The van der Waals surface area contributed by atoms with Gasteiger partial charge in [0.25, 0.3) is 0 Å². The number of hydrogen-bond acceptors (Lipinski definition) is 2. The molecule has 1 N–H and O–H groups in total. The van der Waals surface area contributed by atoms with E-state index in [4.69, 9.17) is 5.11 Å². The molecule has 0 aromatic carbocycles. The van der Waals surface area contributed by atoms with Gasteiger partial charge < -0.3 is 9.67 Å². The lowest BCUT2D eigenvalue weighted by Gasteiger charge is -2.21. The molecule has 0 amide bonds. The Morgan fingerprint density at radius 2 is 2.27 bits per heavy atom. The monoisotopic (exact) mass is 206 g/mol. The second-order valence-corrected chi connectivity index (χ2v) is 4.40. The molecule has 0 fully saturated rings. The molecule has 3 rings (SSSR count). The number of carboxylic acid groups (broad SMARTS) is 1. The lowest BCUT2D eigenvalue weighted by atomic mass is 9.99. The van der Waals surface area contributed by atoms with Crippen molar-refractivity contribution in [2.75, 3.05) is 0 Å². The molecule has 0 bridgehead atoms. The third-order valence-corrected chi connectivity index (χ3v) is 3.50. The summed E-state index contributed by atoms with van der Waals surface area (Å²) in [7, 11) is 0. The Labute approximate surface area is 87.9 Å². The van der Waals surface area contributed by atoms with Crippen LogP contribution in [0.4, 0.5) is 0 Å². The number of aryl methyl sites for hydroxylation is 1. The molecule has 2 aliphatic rings. The molecule has 0 saturated carbocycles. The molecule has 0 spiro atoms. The van der Waals surface area contributed by atoms with E-state index in [0.717, 1.165) is 43.7 Å². The van der Waals surface area contributed by atoms with E-state index in [9.17, 15) is 4.79 Å². The van der Waals surface area contributed by atoms with Gasteiger partial charge in [0.15, 0.2) is 0 Å². The van der Waals surface area contributed by atoms with Gasteiger partial charge in [-0.2, -0.15) is 0 Å². The fraction of sp³-hybridized carbons (Fsp3) is 0.636. The highest BCUT2D eigenvalue weighted by Crippen LogP contribution is 2.32. The van der Waals surface area contributed by atoms with Gasteiger partial charge >= 0.3 is 5.97 Å². The summed E-state index contributed by atoms with van der Waals surface area (Å²) in [6.07, 6.45) is 4.99. The maximum Gasteiger partial charge on any atom is 0.314 e. The minimum atomic E-state index is -0.723. The zero-order valence-corrected chi connectivity index (χ0v) is 8.57. The van der Waals surface area contributed by atoms with Crippen LogP contribution in [0.25, 0.3) is 0 Å². The van der Waals surface area contributed by atoms with Gasteiger partial charge in [0.2, 0.25) is 0 Å². The number of carbonyl (C=O) groups is 1. The first-order valence-corrected chi connectivity index (χ1v) is 5.58. The van der Waals surface area contributed by atoms with Crippen LogP contribution in [-0.4, -0.2) is 20.6 Å². The Kier molecular flexibility index (Phi) is 1.84. The van der Waals surface area contributed by atoms with E-state index in [1.165, 1.54) is 12.1 Å². The zero-order chi connectivity index (χ0) is 10.4. The molecule has 0 saturated heterocycles. The molecule has 1 aliphatic heterocycles. The predicted molar refractivity (Wildman–Crippen MR) is 53.9 cm³/mol. The predicted octanol–water partition coefficient (Wildman–Crippen LogP) is 1.33. The van der Waals surface area contributed by atoms with E-state index < -0.39 is 5.97 Å². The van der Waals surface area contributed by atoms with Crippen molar-refractivity contribution >= 4 is 5.97 Å². The summed E-state index contributed by atoms with van der Waals surface area (Å²) < 4.78 is 2.16. The number of fused-ring (bicyclic) bond motifs is 3. The van der Waals surface area contributed by atoms with E-state index in [2.05, 4.69) is 9.55 Å². The summed E-state index contributed by atoms with van der Waals surface area (Å²) in [5.41, 5.74) is 2.45. The van der Waals surface area contributed by atoms with Crippen molar-refractivity contribution in [1.29, 1.82) is 0 Å². The molecular formula is C11H14N2O2. The summed E-state index contributed by atoms with van der Waals surface area (Å²) in [5.74, 6) is -0.289. The average Bonchev–Trinajstić information content (AvgIpc) is 2.75.